The van der Waals surface area contributed by atoms with Crippen LogP contribution in [-0.4, -0.2) is 24.2 Å². The summed E-state index contributed by atoms with van der Waals surface area (Å²) in [7, 11) is 3.21. The van der Waals surface area contributed by atoms with E-state index in [1.807, 2.05) is 18.2 Å². The molecule has 0 radical (unpaired) electrons. The van der Waals surface area contributed by atoms with Gasteiger partial charge in [0.2, 0.25) is 5.88 Å². The smallest absolute Gasteiger partial charge is 0.221 e. The van der Waals surface area contributed by atoms with Crippen LogP contribution in [0.15, 0.2) is 36.8 Å². The second-order valence-corrected chi connectivity index (χ2v) is 3.17. The average Bonchev–Trinajstić information content (AvgIpc) is 2.38. The number of hydrogen-bond acceptors (Lipinski definition) is 4. The summed E-state index contributed by atoms with van der Waals surface area (Å²) in [6.07, 6.45) is 5.10. The summed E-state index contributed by atoms with van der Waals surface area (Å²) in [5.41, 5.74) is 1.82. The minimum Gasteiger partial charge on any atom is -0.495 e. The summed E-state index contributed by atoms with van der Waals surface area (Å²) in [5, 5.41) is 0. The Hall–Kier alpha value is -2.10. The highest BCUT2D eigenvalue weighted by molar-refractivity contribution is 5.68. The summed E-state index contributed by atoms with van der Waals surface area (Å²) < 4.78 is 10.3. The third-order valence-electron chi connectivity index (χ3n) is 2.22. The van der Waals surface area contributed by atoms with Crippen LogP contribution in [0, 0.1) is 0 Å². The fraction of sp³-hybridized carbons (Fsp3) is 0.167. The van der Waals surface area contributed by atoms with Crippen LogP contribution in [0.1, 0.15) is 0 Å². The zero-order chi connectivity index (χ0) is 11.4. The number of rotatable bonds is 3. The molecule has 2 aromatic heterocycles. The van der Waals surface area contributed by atoms with Gasteiger partial charge in [-0.2, -0.15) is 0 Å². The van der Waals surface area contributed by atoms with Crippen molar-refractivity contribution in [3.8, 4) is 22.8 Å². The molecule has 16 heavy (non-hydrogen) atoms. The number of hydrogen-bond donors (Lipinski definition) is 0. The van der Waals surface area contributed by atoms with E-state index in [0.29, 0.717) is 11.6 Å². The zero-order valence-corrected chi connectivity index (χ0v) is 9.18. The summed E-state index contributed by atoms with van der Waals surface area (Å²) in [6, 6.07) is 5.69. The van der Waals surface area contributed by atoms with Gasteiger partial charge in [-0.1, -0.05) is 0 Å². The molecule has 2 aromatic rings. The van der Waals surface area contributed by atoms with E-state index >= 15 is 0 Å². The molecular formula is C12H12N2O2. The summed E-state index contributed by atoms with van der Waals surface area (Å²) >= 11 is 0. The van der Waals surface area contributed by atoms with Crippen molar-refractivity contribution in [2.75, 3.05) is 14.2 Å². The van der Waals surface area contributed by atoms with E-state index in [1.165, 1.54) is 0 Å². The van der Waals surface area contributed by atoms with Crippen molar-refractivity contribution in [3.05, 3.63) is 36.8 Å². The van der Waals surface area contributed by atoms with Crippen LogP contribution < -0.4 is 9.47 Å². The molecule has 0 saturated carbocycles. The molecule has 4 nitrogen and oxygen atoms in total. The lowest BCUT2D eigenvalue weighted by molar-refractivity contribution is 0.399. The van der Waals surface area contributed by atoms with Gasteiger partial charge in [-0.05, 0) is 18.2 Å². The van der Waals surface area contributed by atoms with Crippen molar-refractivity contribution in [3.63, 3.8) is 0 Å². The Labute approximate surface area is 93.9 Å². The van der Waals surface area contributed by atoms with Crippen molar-refractivity contribution in [2.24, 2.45) is 0 Å². The van der Waals surface area contributed by atoms with Gasteiger partial charge in [0.05, 0.1) is 20.4 Å². The molecule has 0 N–H and O–H groups in total. The fourth-order valence-electron chi connectivity index (χ4n) is 1.45. The highest BCUT2D eigenvalue weighted by Gasteiger charge is 2.07. The van der Waals surface area contributed by atoms with Crippen LogP contribution in [0.25, 0.3) is 11.1 Å². The predicted molar refractivity (Wildman–Crippen MR) is 60.6 cm³/mol. The first-order chi connectivity index (χ1) is 7.85. The van der Waals surface area contributed by atoms with Crippen LogP contribution in [0.4, 0.5) is 0 Å². The summed E-state index contributed by atoms with van der Waals surface area (Å²) in [6.45, 7) is 0. The van der Waals surface area contributed by atoms with Crippen molar-refractivity contribution < 1.29 is 9.47 Å². The van der Waals surface area contributed by atoms with E-state index in [2.05, 4.69) is 9.97 Å². The molecule has 0 unspecified atom stereocenters. The van der Waals surface area contributed by atoms with Gasteiger partial charge in [0.1, 0.15) is 5.75 Å². The molecule has 2 heterocycles. The van der Waals surface area contributed by atoms with Gasteiger partial charge < -0.3 is 9.47 Å². The van der Waals surface area contributed by atoms with Gasteiger partial charge in [-0.3, -0.25) is 4.98 Å². The average molecular weight is 216 g/mol. The third kappa shape index (κ3) is 1.95. The van der Waals surface area contributed by atoms with E-state index < -0.39 is 0 Å². The molecule has 0 aliphatic heterocycles. The van der Waals surface area contributed by atoms with Gasteiger partial charge in [0.25, 0.3) is 0 Å². The Morgan fingerprint density at radius 3 is 2.75 bits per heavy atom. The number of nitrogens with zero attached hydrogens (tertiary/aromatic N) is 2. The molecule has 0 aliphatic rings. The molecule has 4 heteroatoms. The lowest BCUT2D eigenvalue weighted by Gasteiger charge is -2.07. The largest absolute Gasteiger partial charge is 0.495 e. The maximum Gasteiger partial charge on any atom is 0.221 e. The topological polar surface area (TPSA) is 44.2 Å². The normalized spacial score (nSPS) is 9.88. The first kappa shape index (κ1) is 10.4. The van der Waals surface area contributed by atoms with Gasteiger partial charge in [0.15, 0.2) is 0 Å². The fourth-order valence-corrected chi connectivity index (χ4v) is 1.45. The molecule has 0 bridgehead atoms. The van der Waals surface area contributed by atoms with E-state index in [-0.39, 0.29) is 0 Å². The third-order valence-corrected chi connectivity index (χ3v) is 2.22. The molecule has 0 fully saturated rings. The molecule has 0 aliphatic carbocycles. The van der Waals surface area contributed by atoms with Crippen LogP contribution in [0.5, 0.6) is 11.6 Å². The first-order valence-electron chi connectivity index (χ1n) is 4.83. The van der Waals surface area contributed by atoms with Gasteiger partial charge in [-0.15, -0.1) is 0 Å². The maximum absolute atomic E-state index is 5.19. The van der Waals surface area contributed by atoms with Crippen molar-refractivity contribution in [1.82, 2.24) is 9.97 Å². The minimum absolute atomic E-state index is 0.581. The first-order valence-corrected chi connectivity index (χ1v) is 4.83. The Kier molecular flexibility index (Phi) is 3.00. The maximum atomic E-state index is 5.19. The molecule has 82 valence electrons. The molecule has 0 spiro atoms. The monoisotopic (exact) mass is 216 g/mol. The molecule has 0 saturated heterocycles. The van der Waals surface area contributed by atoms with E-state index in [0.717, 1.165) is 11.1 Å². The Morgan fingerprint density at radius 2 is 2.00 bits per heavy atom. The van der Waals surface area contributed by atoms with Crippen LogP contribution >= 0.6 is 0 Å². The van der Waals surface area contributed by atoms with Crippen LogP contribution in [0.2, 0.25) is 0 Å². The molecule has 0 amide bonds. The van der Waals surface area contributed by atoms with Crippen LogP contribution in [0.3, 0.4) is 0 Å². The van der Waals surface area contributed by atoms with E-state index in [9.17, 15) is 0 Å². The second kappa shape index (κ2) is 4.61. The highest BCUT2D eigenvalue weighted by Crippen LogP contribution is 2.28. The van der Waals surface area contributed by atoms with Crippen LogP contribution in [-0.2, 0) is 0 Å². The van der Waals surface area contributed by atoms with Crippen molar-refractivity contribution >= 4 is 0 Å². The summed E-state index contributed by atoms with van der Waals surface area (Å²) in [5.74, 6) is 1.29. The highest BCUT2D eigenvalue weighted by atomic mass is 16.5. The van der Waals surface area contributed by atoms with Crippen molar-refractivity contribution in [2.45, 2.75) is 0 Å². The number of ether oxygens (including phenoxy) is 2. The second-order valence-electron chi connectivity index (χ2n) is 3.17. The predicted octanol–water partition coefficient (Wildman–Crippen LogP) is 2.16. The number of methoxy groups -OCH3 is 2. The zero-order valence-electron chi connectivity index (χ0n) is 9.18. The Balaban J connectivity index is 2.49. The minimum atomic E-state index is 0.581. The SMILES string of the molecule is COc1cncc(-c2cccnc2OC)c1. The lowest BCUT2D eigenvalue weighted by Crippen LogP contribution is -1.92. The quantitative estimate of drug-likeness (QED) is 0.788. The standard InChI is InChI=1S/C12H12N2O2/c1-15-10-6-9(7-13-8-10)11-4-3-5-14-12(11)16-2/h3-8H,1-2H3. The van der Waals surface area contributed by atoms with Gasteiger partial charge in [-0.25, -0.2) is 4.98 Å². The molecule has 0 atom stereocenters. The van der Waals surface area contributed by atoms with Gasteiger partial charge in [0, 0.05) is 23.5 Å². The van der Waals surface area contributed by atoms with E-state index in [4.69, 9.17) is 9.47 Å². The summed E-state index contributed by atoms with van der Waals surface area (Å²) in [4.78, 5) is 8.24. The Morgan fingerprint density at radius 1 is 1.12 bits per heavy atom. The molecule has 2 rings (SSSR count). The number of aromatic nitrogens is 2. The van der Waals surface area contributed by atoms with Crippen molar-refractivity contribution in [1.29, 1.82) is 0 Å². The number of pyridine rings is 2. The van der Waals surface area contributed by atoms with Gasteiger partial charge >= 0.3 is 0 Å². The lowest BCUT2D eigenvalue weighted by atomic mass is 10.1. The molecular weight excluding hydrogens is 204 g/mol. The molecule has 0 aromatic carbocycles. The Bertz CT molecular complexity index is 486. The van der Waals surface area contributed by atoms with E-state index in [1.54, 1.807) is 32.8 Å².